The van der Waals surface area contributed by atoms with E-state index in [0.717, 1.165) is 11.2 Å². The minimum Gasteiger partial charge on any atom is -0.321 e. The molecule has 3 rings (SSSR count). The standard InChI is InChI=1S/C12H14N4O/c1-7(13)11(17)8-4-10-12(14-5-8)16(6-15-10)9-2-3-9/h4-7,9H,2-3,13H2,1H3. The Morgan fingerprint density at radius 1 is 1.53 bits per heavy atom. The quantitative estimate of drug-likeness (QED) is 0.806. The van der Waals surface area contributed by atoms with E-state index in [4.69, 9.17) is 5.73 Å². The fourth-order valence-corrected chi connectivity index (χ4v) is 1.94. The highest BCUT2D eigenvalue weighted by Crippen LogP contribution is 2.36. The average Bonchev–Trinajstić information content (AvgIpc) is 3.07. The van der Waals surface area contributed by atoms with Crippen molar-refractivity contribution in [1.29, 1.82) is 0 Å². The van der Waals surface area contributed by atoms with Gasteiger partial charge in [0.1, 0.15) is 5.52 Å². The zero-order valence-electron chi connectivity index (χ0n) is 9.63. The number of ketones is 1. The van der Waals surface area contributed by atoms with Crippen LogP contribution in [0.15, 0.2) is 18.6 Å². The van der Waals surface area contributed by atoms with Gasteiger partial charge in [0.15, 0.2) is 11.4 Å². The van der Waals surface area contributed by atoms with Crippen molar-refractivity contribution in [3.63, 3.8) is 0 Å². The number of imidazole rings is 1. The Bertz CT molecular complexity index is 583. The van der Waals surface area contributed by atoms with Crippen molar-refractivity contribution in [1.82, 2.24) is 14.5 Å². The molecule has 2 heterocycles. The molecule has 17 heavy (non-hydrogen) atoms. The first-order chi connectivity index (χ1) is 8.16. The van der Waals surface area contributed by atoms with Gasteiger partial charge in [-0.2, -0.15) is 0 Å². The largest absolute Gasteiger partial charge is 0.321 e. The van der Waals surface area contributed by atoms with Crippen LogP contribution in [0.5, 0.6) is 0 Å². The topological polar surface area (TPSA) is 73.8 Å². The SMILES string of the molecule is CC(N)C(=O)c1cnc2c(c1)ncn2C1CC1. The summed E-state index contributed by atoms with van der Waals surface area (Å²) in [5.41, 5.74) is 7.73. The van der Waals surface area contributed by atoms with Gasteiger partial charge in [-0.25, -0.2) is 9.97 Å². The monoisotopic (exact) mass is 230 g/mol. The Morgan fingerprint density at radius 3 is 2.94 bits per heavy atom. The number of fused-ring (bicyclic) bond motifs is 1. The molecule has 1 atom stereocenters. The first-order valence-electron chi connectivity index (χ1n) is 5.79. The maximum Gasteiger partial charge on any atom is 0.180 e. The molecular formula is C12H14N4O. The Morgan fingerprint density at radius 2 is 2.29 bits per heavy atom. The van der Waals surface area contributed by atoms with E-state index in [-0.39, 0.29) is 5.78 Å². The van der Waals surface area contributed by atoms with E-state index in [0.29, 0.717) is 11.6 Å². The number of nitrogens with zero attached hydrogens (tertiary/aromatic N) is 3. The minimum absolute atomic E-state index is 0.0969. The summed E-state index contributed by atoms with van der Waals surface area (Å²) in [6.45, 7) is 1.68. The second-order valence-electron chi connectivity index (χ2n) is 4.60. The first kappa shape index (κ1) is 10.4. The van der Waals surface area contributed by atoms with Crippen LogP contribution in [0.4, 0.5) is 0 Å². The maximum absolute atomic E-state index is 11.7. The normalized spacial score (nSPS) is 17.3. The third-order valence-electron chi connectivity index (χ3n) is 3.05. The van der Waals surface area contributed by atoms with Gasteiger partial charge >= 0.3 is 0 Å². The molecule has 1 unspecified atom stereocenters. The fraction of sp³-hybridized carbons (Fsp3) is 0.417. The number of hydrogen-bond acceptors (Lipinski definition) is 4. The van der Waals surface area contributed by atoms with Gasteiger partial charge in [-0.15, -0.1) is 0 Å². The van der Waals surface area contributed by atoms with Crippen LogP contribution in [0.3, 0.4) is 0 Å². The summed E-state index contributed by atoms with van der Waals surface area (Å²) in [6.07, 6.45) is 5.77. The molecule has 5 heteroatoms. The lowest BCUT2D eigenvalue weighted by Gasteiger charge is -2.04. The molecule has 1 aliphatic carbocycles. The number of aromatic nitrogens is 3. The zero-order chi connectivity index (χ0) is 12.0. The molecule has 2 aromatic rings. The van der Waals surface area contributed by atoms with Gasteiger partial charge in [0.2, 0.25) is 0 Å². The molecule has 0 aliphatic heterocycles. The van der Waals surface area contributed by atoms with Crippen molar-refractivity contribution >= 4 is 16.9 Å². The van der Waals surface area contributed by atoms with Gasteiger partial charge in [0.05, 0.1) is 12.4 Å². The number of rotatable bonds is 3. The number of pyridine rings is 1. The van der Waals surface area contributed by atoms with Gasteiger partial charge < -0.3 is 10.3 Å². The summed E-state index contributed by atoms with van der Waals surface area (Å²) < 4.78 is 2.08. The Hall–Kier alpha value is -1.75. The average molecular weight is 230 g/mol. The molecule has 1 saturated carbocycles. The van der Waals surface area contributed by atoms with Crippen molar-refractivity contribution in [2.45, 2.75) is 31.8 Å². The Labute approximate surface area is 98.7 Å². The maximum atomic E-state index is 11.7. The molecule has 0 amide bonds. The zero-order valence-corrected chi connectivity index (χ0v) is 9.63. The van der Waals surface area contributed by atoms with E-state index in [1.165, 1.54) is 12.8 Å². The third kappa shape index (κ3) is 1.72. The molecule has 5 nitrogen and oxygen atoms in total. The number of hydrogen-bond donors (Lipinski definition) is 1. The smallest absolute Gasteiger partial charge is 0.180 e. The lowest BCUT2D eigenvalue weighted by molar-refractivity contribution is 0.0968. The van der Waals surface area contributed by atoms with E-state index in [9.17, 15) is 4.79 Å². The van der Waals surface area contributed by atoms with Crippen molar-refractivity contribution in [2.24, 2.45) is 5.73 Å². The molecule has 1 aliphatic rings. The van der Waals surface area contributed by atoms with Crippen molar-refractivity contribution in [3.8, 4) is 0 Å². The van der Waals surface area contributed by atoms with Crippen molar-refractivity contribution in [3.05, 3.63) is 24.2 Å². The molecule has 1 fully saturated rings. The van der Waals surface area contributed by atoms with E-state index in [1.807, 2.05) is 0 Å². The van der Waals surface area contributed by atoms with Crippen molar-refractivity contribution < 1.29 is 4.79 Å². The second kappa shape index (κ2) is 3.63. The fourth-order valence-electron chi connectivity index (χ4n) is 1.94. The van der Waals surface area contributed by atoms with Crippen molar-refractivity contribution in [2.75, 3.05) is 0 Å². The summed E-state index contributed by atoms with van der Waals surface area (Å²) >= 11 is 0. The first-order valence-corrected chi connectivity index (χ1v) is 5.79. The minimum atomic E-state index is -0.500. The summed E-state index contributed by atoms with van der Waals surface area (Å²) in [5.74, 6) is -0.0969. The summed E-state index contributed by atoms with van der Waals surface area (Å²) in [7, 11) is 0. The number of Topliss-reactive ketones (excluding diaryl/α,β-unsaturated/α-hetero) is 1. The number of carbonyl (C=O) groups is 1. The highest BCUT2D eigenvalue weighted by Gasteiger charge is 2.25. The van der Waals surface area contributed by atoms with Crippen LogP contribution >= 0.6 is 0 Å². The highest BCUT2D eigenvalue weighted by molar-refractivity contribution is 6.01. The number of carbonyl (C=O) groups excluding carboxylic acids is 1. The lowest BCUT2D eigenvalue weighted by atomic mass is 10.1. The van der Waals surface area contributed by atoms with E-state index >= 15 is 0 Å². The van der Waals surface area contributed by atoms with Crippen LogP contribution in [0.1, 0.15) is 36.2 Å². The lowest BCUT2D eigenvalue weighted by Crippen LogP contribution is -2.26. The Balaban J connectivity index is 2.05. The van der Waals surface area contributed by atoms with Gasteiger partial charge in [-0.1, -0.05) is 0 Å². The summed E-state index contributed by atoms with van der Waals surface area (Å²) in [6, 6.07) is 1.81. The summed E-state index contributed by atoms with van der Waals surface area (Å²) in [4.78, 5) is 20.4. The molecule has 2 aromatic heterocycles. The Kier molecular flexibility index (Phi) is 2.22. The van der Waals surface area contributed by atoms with E-state index in [1.54, 1.807) is 25.5 Å². The summed E-state index contributed by atoms with van der Waals surface area (Å²) in [5, 5.41) is 0. The molecule has 0 aromatic carbocycles. The van der Waals surface area contributed by atoms with Gasteiger partial charge in [0.25, 0.3) is 0 Å². The van der Waals surface area contributed by atoms with Crippen LogP contribution < -0.4 is 5.73 Å². The van der Waals surface area contributed by atoms with Crippen LogP contribution in [-0.2, 0) is 0 Å². The van der Waals surface area contributed by atoms with Crippen LogP contribution in [0.25, 0.3) is 11.2 Å². The van der Waals surface area contributed by atoms with Gasteiger partial charge in [-0.05, 0) is 25.8 Å². The predicted molar refractivity (Wildman–Crippen MR) is 63.8 cm³/mol. The highest BCUT2D eigenvalue weighted by atomic mass is 16.1. The molecule has 0 radical (unpaired) electrons. The second-order valence-corrected chi connectivity index (χ2v) is 4.60. The van der Waals surface area contributed by atoms with E-state index in [2.05, 4.69) is 14.5 Å². The molecule has 88 valence electrons. The molecule has 0 bridgehead atoms. The number of nitrogens with two attached hydrogens (primary N) is 1. The van der Waals surface area contributed by atoms with Crippen LogP contribution in [-0.4, -0.2) is 26.4 Å². The van der Waals surface area contributed by atoms with Gasteiger partial charge in [0, 0.05) is 17.8 Å². The molecule has 2 N–H and O–H groups in total. The molecule has 0 spiro atoms. The van der Waals surface area contributed by atoms with E-state index < -0.39 is 6.04 Å². The van der Waals surface area contributed by atoms with Gasteiger partial charge in [-0.3, -0.25) is 4.79 Å². The van der Waals surface area contributed by atoms with Crippen LogP contribution in [0.2, 0.25) is 0 Å². The third-order valence-corrected chi connectivity index (χ3v) is 3.05. The van der Waals surface area contributed by atoms with Crippen LogP contribution in [0, 0.1) is 0 Å². The molecule has 0 saturated heterocycles. The molecular weight excluding hydrogens is 216 g/mol. The predicted octanol–water partition coefficient (Wildman–Crippen LogP) is 1.30.